The lowest BCUT2D eigenvalue weighted by atomic mass is 10.0. The minimum Gasteiger partial charge on any atom is -0.387 e. The van der Waals surface area contributed by atoms with Crippen LogP contribution in [0.1, 0.15) is 38.5 Å². The summed E-state index contributed by atoms with van der Waals surface area (Å²) in [4.78, 5) is 0. The van der Waals surface area contributed by atoms with E-state index >= 15 is 0 Å². The molecule has 0 aromatic carbocycles. The zero-order chi connectivity index (χ0) is 10.9. The molecule has 0 radical (unpaired) electrons. The Hall–Kier alpha value is -0.350. The normalized spacial score (nSPS) is 32.3. The van der Waals surface area contributed by atoms with Gasteiger partial charge in [-0.05, 0) is 37.7 Å². The number of sulfone groups is 1. The molecule has 0 aromatic heterocycles. The average Bonchev–Trinajstić information content (AvgIpc) is 2.69. The van der Waals surface area contributed by atoms with Crippen molar-refractivity contribution in [2.24, 2.45) is 0 Å². The highest BCUT2D eigenvalue weighted by Gasteiger charge is 2.36. The van der Waals surface area contributed by atoms with E-state index < -0.39 is 21.2 Å². The standard InChI is InChI=1S/C11H18O3S/c12-11(9-5-1-2-6-9)10-7-3-4-8-15(10,13)14/h5,10-12H,1-4,6-8H2. The van der Waals surface area contributed by atoms with Crippen LogP contribution in [0.4, 0.5) is 0 Å². The second-order valence-corrected chi connectivity index (χ2v) is 6.86. The van der Waals surface area contributed by atoms with Crippen LogP contribution < -0.4 is 0 Å². The summed E-state index contributed by atoms with van der Waals surface area (Å²) in [5.41, 5.74) is 0.950. The van der Waals surface area contributed by atoms with E-state index in [1.165, 1.54) is 0 Å². The van der Waals surface area contributed by atoms with Gasteiger partial charge in [0.2, 0.25) is 0 Å². The molecule has 1 N–H and O–H groups in total. The van der Waals surface area contributed by atoms with Crippen molar-refractivity contribution < 1.29 is 13.5 Å². The van der Waals surface area contributed by atoms with Crippen LogP contribution in [0.15, 0.2) is 11.6 Å². The van der Waals surface area contributed by atoms with Gasteiger partial charge in [-0.1, -0.05) is 12.5 Å². The fourth-order valence-electron chi connectivity index (χ4n) is 2.54. The zero-order valence-corrected chi connectivity index (χ0v) is 9.67. The van der Waals surface area contributed by atoms with E-state index in [0.29, 0.717) is 6.42 Å². The molecule has 1 saturated heterocycles. The van der Waals surface area contributed by atoms with Gasteiger partial charge in [0, 0.05) is 0 Å². The van der Waals surface area contributed by atoms with Crippen molar-refractivity contribution in [3.8, 4) is 0 Å². The molecule has 0 amide bonds. The van der Waals surface area contributed by atoms with Crippen molar-refractivity contribution in [1.29, 1.82) is 0 Å². The minimum atomic E-state index is -3.05. The van der Waals surface area contributed by atoms with Gasteiger partial charge in [-0.2, -0.15) is 0 Å². The molecule has 1 aliphatic carbocycles. The van der Waals surface area contributed by atoms with Crippen LogP contribution in [0.2, 0.25) is 0 Å². The van der Waals surface area contributed by atoms with Crippen molar-refractivity contribution in [1.82, 2.24) is 0 Å². The van der Waals surface area contributed by atoms with E-state index in [-0.39, 0.29) is 5.75 Å². The molecule has 1 aliphatic heterocycles. The van der Waals surface area contributed by atoms with Crippen LogP contribution in [-0.4, -0.2) is 30.6 Å². The lowest BCUT2D eigenvalue weighted by molar-refractivity contribution is 0.193. The molecule has 0 saturated carbocycles. The predicted molar refractivity (Wildman–Crippen MR) is 59.4 cm³/mol. The number of hydrogen-bond donors (Lipinski definition) is 1. The number of aliphatic hydroxyl groups is 1. The largest absolute Gasteiger partial charge is 0.387 e. The number of allylic oxidation sites excluding steroid dienone is 1. The third kappa shape index (κ3) is 2.26. The van der Waals surface area contributed by atoms with Gasteiger partial charge >= 0.3 is 0 Å². The van der Waals surface area contributed by atoms with E-state index in [1.807, 2.05) is 6.08 Å². The highest BCUT2D eigenvalue weighted by molar-refractivity contribution is 7.92. The maximum atomic E-state index is 11.8. The molecule has 2 aliphatic rings. The summed E-state index contributed by atoms with van der Waals surface area (Å²) in [6.07, 6.45) is 6.48. The Morgan fingerprint density at radius 2 is 2.13 bits per heavy atom. The predicted octanol–water partition coefficient (Wildman–Crippen LogP) is 1.42. The fraction of sp³-hybridized carbons (Fsp3) is 0.818. The first-order valence-electron chi connectivity index (χ1n) is 5.70. The first-order valence-corrected chi connectivity index (χ1v) is 7.41. The summed E-state index contributed by atoms with van der Waals surface area (Å²) in [7, 11) is -3.05. The second-order valence-electron chi connectivity index (χ2n) is 4.52. The topological polar surface area (TPSA) is 54.4 Å². The zero-order valence-electron chi connectivity index (χ0n) is 8.85. The monoisotopic (exact) mass is 230 g/mol. The molecule has 2 unspecified atom stereocenters. The van der Waals surface area contributed by atoms with Crippen LogP contribution in [0.3, 0.4) is 0 Å². The molecule has 3 nitrogen and oxygen atoms in total. The van der Waals surface area contributed by atoms with E-state index in [1.54, 1.807) is 0 Å². The fourth-order valence-corrected chi connectivity index (χ4v) is 4.54. The minimum absolute atomic E-state index is 0.252. The van der Waals surface area contributed by atoms with Crippen LogP contribution >= 0.6 is 0 Å². The summed E-state index contributed by atoms with van der Waals surface area (Å²) in [6.45, 7) is 0. The quantitative estimate of drug-likeness (QED) is 0.730. The lowest BCUT2D eigenvalue weighted by Crippen LogP contribution is -2.39. The maximum Gasteiger partial charge on any atom is 0.156 e. The van der Waals surface area contributed by atoms with E-state index in [4.69, 9.17) is 0 Å². The van der Waals surface area contributed by atoms with Crippen molar-refractivity contribution in [2.45, 2.75) is 49.9 Å². The third-order valence-corrected chi connectivity index (χ3v) is 5.71. The number of hydrogen-bond acceptors (Lipinski definition) is 3. The molecule has 4 heteroatoms. The van der Waals surface area contributed by atoms with Gasteiger partial charge in [-0.25, -0.2) is 8.42 Å². The molecule has 86 valence electrons. The van der Waals surface area contributed by atoms with Crippen molar-refractivity contribution in [3.05, 3.63) is 11.6 Å². The maximum absolute atomic E-state index is 11.8. The molecular formula is C11H18O3S. The number of rotatable bonds is 2. The van der Waals surface area contributed by atoms with Crippen LogP contribution in [0.5, 0.6) is 0 Å². The molecular weight excluding hydrogens is 212 g/mol. The first kappa shape index (κ1) is 11.1. The molecule has 0 aromatic rings. The Bertz CT molecular complexity index is 356. The Kier molecular flexibility index (Phi) is 3.16. The van der Waals surface area contributed by atoms with Crippen LogP contribution in [0.25, 0.3) is 0 Å². The highest BCUT2D eigenvalue weighted by Crippen LogP contribution is 2.30. The van der Waals surface area contributed by atoms with Gasteiger partial charge in [-0.3, -0.25) is 0 Å². The van der Waals surface area contributed by atoms with Gasteiger partial charge in [0.1, 0.15) is 0 Å². The summed E-state index contributed by atoms with van der Waals surface area (Å²) in [5, 5.41) is 9.53. The Labute approximate surface area is 91.1 Å². The third-order valence-electron chi connectivity index (χ3n) is 3.44. The van der Waals surface area contributed by atoms with Gasteiger partial charge in [0.15, 0.2) is 9.84 Å². The Balaban J connectivity index is 2.14. The van der Waals surface area contributed by atoms with Gasteiger partial charge in [0.25, 0.3) is 0 Å². The van der Waals surface area contributed by atoms with Gasteiger partial charge in [-0.15, -0.1) is 0 Å². The van der Waals surface area contributed by atoms with E-state index in [0.717, 1.165) is 37.7 Å². The van der Waals surface area contributed by atoms with Crippen molar-refractivity contribution in [3.63, 3.8) is 0 Å². The van der Waals surface area contributed by atoms with Gasteiger partial charge < -0.3 is 5.11 Å². The molecule has 1 heterocycles. The summed E-state index contributed by atoms with van der Waals surface area (Å²) < 4.78 is 23.6. The lowest BCUT2D eigenvalue weighted by Gasteiger charge is -2.27. The smallest absolute Gasteiger partial charge is 0.156 e. The molecule has 15 heavy (non-hydrogen) atoms. The Morgan fingerprint density at radius 3 is 2.73 bits per heavy atom. The van der Waals surface area contributed by atoms with Crippen molar-refractivity contribution in [2.75, 3.05) is 5.75 Å². The van der Waals surface area contributed by atoms with Crippen molar-refractivity contribution >= 4 is 9.84 Å². The molecule has 1 fully saturated rings. The summed E-state index contributed by atoms with van der Waals surface area (Å²) in [6, 6.07) is 0. The average molecular weight is 230 g/mol. The number of aliphatic hydroxyl groups excluding tert-OH is 1. The highest BCUT2D eigenvalue weighted by atomic mass is 32.2. The Morgan fingerprint density at radius 1 is 1.33 bits per heavy atom. The molecule has 2 rings (SSSR count). The molecule has 0 bridgehead atoms. The molecule has 0 spiro atoms. The van der Waals surface area contributed by atoms with Gasteiger partial charge in [0.05, 0.1) is 17.1 Å². The molecule has 2 atom stereocenters. The van der Waals surface area contributed by atoms with Crippen LogP contribution in [0, 0.1) is 0 Å². The van der Waals surface area contributed by atoms with E-state index in [2.05, 4.69) is 0 Å². The van der Waals surface area contributed by atoms with E-state index in [9.17, 15) is 13.5 Å². The summed E-state index contributed by atoms with van der Waals surface area (Å²) >= 11 is 0. The second kappa shape index (κ2) is 4.26. The SMILES string of the molecule is O=S1(=O)CCCCC1C(O)C1=CCCC1. The first-order chi connectivity index (χ1) is 7.11. The van der Waals surface area contributed by atoms with Crippen LogP contribution in [-0.2, 0) is 9.84 Å². The summed E-state index contributed by atoms with van der Waals surface area (Å²) in [5.74, 6) is 0.252.